The minimum absolute atomic E-state index is 0.577. The van der Waals surface area contributed by atoms with Gasteiger partial charge in [-0.15, -0.1) is 10.2 Å². The number of carbonyl (C=O) groups is 2. The van der Waals surface area contributed by atoms with E-state index in [4.69, 9.17) is 0 Å². The van der Waals surface area contributed by atoms with Crippen molar-refractivity contribution in [2.45, 2.75) is 5.66 Å². The van der Waals surface area contributed by atoms with Gasteiger partial charge >= 0.3 is 11.6 Å². The number of amides is 1. The van der Waals surface area contributed by atoms with Crippen molar-refractivity contribution in [3.63, 3.8) is 0 Å². The highest BCUT2D eigenvalue weighted by Crippen LogP contribution is 2.30. The number of hydrogen-bond acceptors (Lipinski definition) is 5. The molecule has 0 bridgehead atoms. The number of anilines is 1. The van der Waals surface area contributed by atoms with Crippen LogP contribution in [0.2, 0.25) is 0 Å². The van der Waals surface area contributed by atoms with Gasteiger partial charge in [0.05, 0.1) is 7.11 Å². The van der Waals surface area contributed by atoms with Crippen LogP contribution in [0, 0.1) is 0 Å². The van der Waals surface area contributed by atoms with Gasteiger partial charge in [0.2, 0.25) is 0 Å². The molecular weight excluding hydrogens is 210 g/mol. The number of nitrogens with zero attached hydrogens (tertiary/aromatic N) is 2. The van der Waals surface area contributed by atoms with E-state index in [9.17, 15) is 9.59 Å². The molecule has 0 spiro atoms. The third-order valence-corrected chi connectivity index (χ3v) is 2.12. The van der Waals surface area contributed by atoms with Crippen LogP contribution in [0.4, 0.5) is 5.69 Å². The number of ether oxygens (including phenoxy) is 1. The molecule has 2 rings (SSSR count). The third kappa shape index (κ3) is 1.65. The minimum Gasteiger partial charge on any atom is -0.465 e. The average Bonchev–Trinajstić information content (AvgIpc) is 3.10. The number of hydrogen-bond donors (Lipinski definition) is 1. The molecule has 1 heterocycles. The first-order valence-corrected chi connectivity index (χ1v) is 4.58. The highest BCUT2D eigenvalue weighted by Gasteiger charge is 2.57. The molecule has 0 atom stereocenters. The van der Waals surface area contributed by atoms with Gasteiger partial charge in [0.1, 0.15) is 0 Å². The summed E-state index contributed by atoms with van der Waals surface area (Å²) < 4.78 is 4.45. The van der Waals surface area contributed by atoms with Crippen molar-refractivity contribution in [2.75, 3.05) is 12.4 Å². The Morgan fingerprint density at radius 2 is 1.88 bits per heavy atom. The SMILES string of the molecule is COC(=O)C1(C(=O)Nc2ccccc2)N=N1. The van der Waals surface area contributed by atoms with Crippen LogP contribution in [-0.4, -0.2) is 24.6 Å². The smallest absolute Gasteiger partial charge is 0.370 e. The predicted octanol–water partition coefficient (Wildman–Crippen LogP) is 0.960. The second-order valence-electron chi connectivity index (χ2n) is 3.18. The fraction of sp³-hybridized carbons (Fsp3) is 0.200. The Kier molecular flexibility index (Phi) is 2.40. The summed E-state index contributed by atoms with van der Waals surface area (Å²) in [6.45, 7) is 0. The number of methoxy groups -OCH3 is 1. The summed E-state index contributed by atoms with van der Waals surface area (Å²) in [6.07, 6.45) is 0. The van der Waals surface area contributed by atoms with Gasteiger partial charge in [0.25, 0.3) is 5.91 Å². The van der Waals surface area contributed by atoms with Crippen LogP contribution in [0.3, 0.4) is 0 Å². The first kappa shape index (κ1) is 10.3. The Labute approximate surface area is 91.3 Å². The molecule has 1 aliphatic rings. The number of carbonyl (C=O) groups excluding carboxylic acids is 2. The number of benzene rings is 1. The van der Waals surface area contributed by atoms with Gasteiger partial charge in [-0.05, 0) is 12.1 Å². The molecule has 0 fully saturated rings. The molecule has 82 valence electrons. The Morgan fingerprint density at radius 3 is 2.38 bits per heavy atom. The first-order chi connectivity index (χ1) is 7.69. The van der Waals surface area contributed by atoms with Crippen LogP contribution >= 0.6 is 0 Å². The maximum atomic E-state index is 11.7. The highest BCUT2D eigenvalue weighted by atomic mass is 16.5. The van der Waals surface area contributed by atoms with Crippen molar-refractivity contribution in [1.82, 2.24) is 0 Å². The van der Waals surface area contributed by atoms with Crippen LogP contribution in [-0.2, 0) is 14.3 Å². The Hall–Kier alpha value is -2.24. The zero-order valence-corrected chi connectivity index (χ0v) is 8.51. The topological polar surface area (TPSA) is 80.1 Å². The standard InChI is InChI=1S/C10H9N3O3/c1-16-9(15)10(12-13-10)8(14)11-7-5-3-2-4-6-7/h2-6H,1H3,(H,11,14). The quantitative estimate of drug-likeness (QED) is 0.607. The van der Waals surface area contributed by atoms with E-state index in [1.807, 2.05) is 6.07 Å². The van der Waals surface area contributed by atoms with Crippen molar-refractivity contribution in [3.05, 3.63) is 30.3 Å². The molecule has 0 aliphatic carbocycles. The molecule has 1 aliphatic heterocycles. The number of rotatable bonds is 3. The molecule has 0 aromatic heterocycles. The molecule has 0 saturated heterocycles. The van der Waals surface area contributed by atoms with Crippen LogP contribution in [0.15, 0.2) is 40.6 Å². The largest absolute Gasteiger partial charge is 0.465 e. The van der Waals surface area contributed by atoms with Crippen LogP contribution in [0.1, 0.15) is 0 Å². The zero-order chi connectivity index (χ0) is 11.6. The van der Waals surface area contributed by atoms with Crippen LogP contribution in [0.5, 0.6) is 0 Å². The number of para-hydroxylation sites is 1. The summed E-state index contributed by atoms with van der Waals surface area (Å²) in [6, 6.07) is 8.75. The Bertz CT molecular complexity index is 450. The minimum atomic E-state index is -1.69. The molecule has 6 heteroatoms. The summed E-state index contributed by atoms with van der Waals surface area (Å²) in [7, 11) is 1.18. The fourth-order valence-corrected chi connectivity index (χ4v) is 1.20. The highest BCUT2D eigenvalue weighted by molar-refractivity contribution is 6.14. The van der Waals surface area contributed by atoms with Gasteiger partial charge in [0.15, 0.2) is 0 Å². The average molecular weight is 219 g/mol. The van der Waals surface area contributed by atoms with Gasteiger partial charge in [-0.25, -0.2) is 4.79 Å². The zero-order valence-electron chi connectivity index (χ0n) is 8.51. The molecule has 1 aromatic carbocycles. The maximum absolute atomic E-state index is 11.7. The van der Waals surface area contributed by atoms with E-state index in [1.54, 1.807) is 24.3 Å². The molecule has 1 N–H and O–H groups in total. The molecule has 6 nitrogen and oxygen atoms in total. The number of nitrogens with one attached hydrogen (secondary N) is 1. The lowest BCUT2D eigenvalue weighted by molar-refractivity contribution is -0.147. The van der Waals surface area contributed by atoms with E-state index in [0.717, 1.165) is 0 Å². The van der Waals surface area contributed by atoms with Crippen molar-refractivity contribution < 1.29 is 14.3 Å². The van der Waals surface area contributed by atoms with Crippen molar-refractivity contribution in [3.8, 4) is 0 Å². The second kappa shape index (κ2) is 3.73. The normalized spacial score (nSPS) is 15.3. The lowest BCUT2D eigenvalue weighted by Gasteiger charge is -2.08. The fourth-order valence-electron chi connectivity index (χ4n) is 1.20. The van der Waals surface area contributed by atoms with E-state index in [0.29, 0.717) is 5.69 Å². The van der Waals surface area contributed by atoms with Crippen LogP contribution in [0.25, 0.3) is 0 Å². The predicted molar refractivity (Wildman–Crippen MR) is 54.7 cm³/mol. The molecule has 1 aromatic rings. The summed E-state index contributed by atoms with van der Waals surface area (Å²) >= 11 is 0. The van der Waals surface area contributed by atoms with Crippen molar-refractivity contribution in [1.29, 1.82) is 0 Å². The van der Waals surface area contributed by atoms with Gasteiger partial charge in [-0.1, -0.05) is 18.2 Å². The summed E-state index contributed by atoms with van der Waals surface area (Å²) in [5.41, 5.74) is -1.11. The van der Waals surface area contributed by atoms with E-state index >= 15 is 0 Å². The van der Waals surface area contributed by atoms with Gasteiger partial charge in [-0.2, -0.15) is 0 Å². The van der Waals surface area contributed by atoms with Crippen molar-refractivity contribution in [2.24, 2.45) is 10.2 Å². The Balaban J connectivity index is 2.07. The lowest BCUT2D eigenvalue weighted by Crippen LogP contribution is -2.39. The molecule has 0 unspecified atom stereocenters. The monoisotopic (exact) mass is 219 g/mol. The van der Waals surface area contributed by atoms with E-state index in [-0.39, 0.29) is 0 Å². The van der Waals surface area contributed by atoms with Crippen molar-refractivity contribution >= 4 is 17.6 Å². The van der Waals surface area contributed by atoms with E-state index in [1.165, 1.54) is 7.11 Å². The lowest BCUT2D eigenvalue weighted by atomic mass is 10.2. The summed E-state index contributed by atoms with van der Waals surface area (Å²) in [4.78, 5) is 23.0. The summed E-state index contributed by atoms with van der Waals surface area (Å²) in [5.74, 6) is -1.38. The maximum Gasteiger partial charge on any atom is 0.370 e. The van der Waals surface area contributed by atoms with Crippen LogP contribution < -0.4 is 5.32 Å². The first-order valence-electron chi connectivity index (χ1n) is 4.58. The van der Waals surface area contributed by atoms with Gasteiger partial charge < -0.3 is 10.1 Å². The molecule has 0 saturated carbocycles. The molecule has 0 radical (unpaired) electrons. The van der Waals surface area contributed by atoms with E-state index < -0.39 is 17.5 Å². The molecular formula is C10H9N3O3. The Morgan fingerprint density at radius 1 is 1.25 bits per heavy atom. The van der Waals surface area contributed by atoms with E-state index in [2.05, 4.69) is 20.3 Å². The third-order valence-electron chi connectivity index (χ3n) is 2.12. The van der Waals surface area contributed by atoms with Gasteiger partial charge in [-0.3, -0.25) is 4.79 Å². The molecule has 1 amide bonds. The van der Waals surface area contributed by atoms with Gasteiger partial charge in [0, 0.05) is 5.69 Å². The number of esters is 1. The summed E-state index contributed by atoms with van der Waals surface area (Å²) in [5, 5.41) is 9.41. The second-order valence-corrected chi connectivity index (χ2v) is 3.18. The molecule has 16 heavy (non-hydrogen) atoms.